The first-order valence-electron chi connectivity index (χ1n) is 14.9. The molecule has 1 aliphatic rings. The predicted octanol–water partition coefficient (Wildman–Crippen LogP) is 5.00. The number of rotatable bonds is 11. The number of aryl methyl sites for hydroxylation is 3. The molecule has 1 saturated heterocycles. The number of halogens is 1. The second kappa shape index (κ2) is 13.5. The molecule has 10 heteroatoms. The van der Waals surface area contributed by atoms with Crippen LogP contribution in [0.4, 0.5) is 10.1 Å². The van der Waals surface area contributed by atoms with E-state index in [1.165, 1.54) is 12.7 Å². The summed E-state index contributed by atoms with van der Waals surface area (Å²) < 4.78 is 20.1. The zero-order valence-electron chi connectivity index (χ0n) is 25.1. The van der Waals surface area contributed by atoms with E-state index >= 15 is 0 Å². The second-order valence-corrected chi connectivity index (χ2v) is 11.6. The van der Waals surface area contributed by atoms with Gasteiger partial charge in [-0.3, -0.25) is 14.3 Å². The summed E-state index contributed by atoms with van der Waals surface area (Å²) in [5.74, 6) is 0.00551. The fraction of sp³-hybridized carbons (Fsp3) is 0.424. The van der Waals surface area contributed by atoms with Gasteiger partial charge >= 0.3 is 0 Å². The standard InChI is InChI=1S/C33H41FN6O3/c1-21-27-8-4-6-23(11-14-29(34)43-3)32(27)37-31(21)24-7-5-16-40(20-24)30(41)19-25(35)18-22-9-12-26(13-10-22)36-33(42)28-15-17-39(2)38-28/h4,6,8-10,12-13,15,17,24-25,29,37H,5,7,11,14,16,18-20,35H2,1-3H3,(H,36,42). The molecule has 1 fully saturated rings. The molecule has 0 spiro atoms. The van der Waals surface area contributed by atoms with Crippen LogP contribution in [0.25, 0.3) is 10.9 Å². The Hall–Kier alpha value is -4.02. The predicted molar refractivity (Wildman–Crippen MR) is 166 cm³/mol. The van der Waals surface area contributed by atoms with E-state index in [0.29, 0.717) is 37.2 Å². The fourth-order valence-corrected chi connectivity index (χ4v) is 6.06. The van der Waals surface area contributed by atoms with Crippen LogP contribution in [-0.2, 0) is 29.4 Å². The van der Waals surface area contributed by atoms with Crippen molar-refractivity contribution in [2.24, 2.45) is 12.8 Å². The Morgan fingerprint density at radius 3 is 2.72 bits per heavy atom. The minimum Gasteiger partial charge on any atom is -0.358 e. The zero-order chi connectivity index (χ0) is 30.5. The highest BCUT2D eigenvalue weighted by Crippen LogP contribution is 2.34. The molecule has 3 heterocycles. The maximum atomic E-state index is 13.7. The summed E-state index contributed by atoms with van der Waals surface area (Å²) in [7, 11) is 3.15. The van der Waals surface area contributed by atoms with E-state index in [4.69, 9.17) is 10.5 Å². The normalized spacial score (nSPS) is 16.8. The molecule has 3 atom stereocenters. The van der Waals surface area contributed by atoms with Crippen LogP contribution in [0.1, 0.15) is 64.5 Å². The number of para-hydroxylation sites is 1. The molecule has 1 aliphatic heterocycles. The first-order valence-corrected chi connectivity index (χ1v) is 14.9. The minimum atomic E-state index is -1.28. The van der Waals surface area contributed by atoms with Gasteiger partial charge in [-0.05, 0) is 67.5 Å². The van der Waals surface area contributed by atoms with Crippen molar-refractivity contribution in [2.45, 2.75) is 63.8 Å². The van der Waals surface area contributed by atoms with Crippen LogP contribution in [0.5, 0.6) is 0 Å². The van der Waals surface area contributed by atoms with Crippen LogP contribution in [0.2, 0.25) is 0 Å². The number of H-pyrrole nitrogens is 1. The minimum absolute atomic E-state index is 0.0689. The van der Waals surface area contributed by atoms with E-state index < -0.39 is 6.36 Å². The van der Waals surface area contributed by atoms with Crippen LogP contribution in [0.3, 0.4) is 0 Å². The average molecular weight is 589 g/mol. The quantitative estimate of drug-likeness (QED) is 0.228. The lowest BCUT2D eigenvalue weighted by molar-refractivity contribution is -0.132. The molecule has 43 heavy (non-hydrogen) atoms. The van der Waals surface area contributed by atoms with E-state index in [1.807, 2.05) is 41.3 Å². The number of nitrogens with two attached hydrogens (primary N) is 1. The van der Waals surface area contributed by atoms with Crippen molar-refractivity contribution in [3.63, 3.8) is 0 Å². The van der Waals surface area contributed by atoms with Crippen LogP contribution >= 0.6 is 0 Å². The number of nitrogens with zero attached hydrogens (tertiary/aromatic N) is 3. The highest BCUT2D eigenvalue weighted by Gasteiger charge is 2.28. The van der Waals surface area contributed by atoms with E-state index in [0.717, 1.165) is 47.1 Å². The number of benzene rings is 2. The molecule has 4 aromatic rings. The number of methoxy groups -OCH3 is 1. The number of amides is 2. The number of hydrogen-bond acceptors (Lipinski definition) is 5. The molecular formula is C33H41FN6O3. The van der Waals surface area contributed by atoms with Gasteiger partial charge in [0.15, 0.2) is 12.1 Å². The molecular weight excluding hydrogens is 547 g/mol. The molecule has 2 aromatic heterocycles. The second-order valence-electron chi connectivity index (χ2n) is 11.6. The lowest BCUT2D eigenvalue weighted by Gasteiger charge is -2.33. The highest BCUT2D eigenvalue weighted by atomic mass is 19.1. The molecule has 228 valence electrons. The number of nitrogens with one attached hydrogen (secondary N) is 2. The van der Waals surface area contributed by atoms with Crippen LogP contribution in [-0.4, -0.2) is 64.1 Å². The van der Waals surface area contributed by atoms with E-state index in [1.54, 1.807) is 24.0 Å². The summed E-state index contributed by atoms with van der Waals surface area (Å²) >= 11 is 0. The molecule has 0 radical (unpaired) electrons. The van der Waals surface area contributed by atoms with E-state index in [2.05, 4.69) is 28.4 Å². The highest BCUT2D eigenvalue weighted by molar-refractivity contribution is 6.02. The first kappa shape index (κ1) is 30.4. The molecule has 2 aromatic carbocycles. The molecule has 5 rings (SSSR count). The number of aromatic nitrogens is 3. The Kier molecular flexibility index (Phi) is 9.57. The molecule has 0 aliphatic carbocycles. The number of carbonyl (C=O) groups is 2. The number of piperidine rings is 1. The molecule has 0 saturated carbocycles. The van der Waals surface area contributed by atoms with Crippen LogP contribution < -0.4 is 11.1 Å². The van der Waals surface area contributed by atoms with Crippen molar-refractivity contribution in [3.8, 4) is 0 Å². The maximum absolute atomic E-state index is 13.7. The lowest BCUT2D eigenvalue weighted by atomic mass is 9.91. The van der Waals surface area contributed by atoms with Gasteiger partial charge in [0, 0.05) is 80.5 Å². The van der Waals surface area contributed by atoms with E-state index in [9.17, 15) is 14.0 Å². The third-order valence-electron chi connectivity index (χ3n) is 8.39. The Morgan fingerprint density at radius 2 is 2.00 bits per heavy atom. The van der Waals surface area contributed by atoms with Crippen molar-refractivity contribution < 1.29 is 18.7 Å². The van der Waals surface area contributed by atoms with Gasteiger partial charge in [0.25, 0.3) is 5.91 Å². The van der Waals surface area contributed by atoms with E-state index in [-0.39, 0.29) is 30.2 Å². The summed E-state index contributed by atoms with van der Waals surface area (Å²) in [6.07, 6.45) is 4.09. The Bertz CT molecular complexity index is 1560. The van der Waals surface area contributed by atoms with Crippen molar-refractivity contribution in [2.75, 3.05) is 25.5 Å². The maximum Gasteiger partial charge on any atom is 0.276 e. The zero-order valence-corrected chi connectivity index (χ0v) is 25.1. The number of carbonyl (C=O) groups excluding carboxylic acids is 2. The number of ether oxygens (including phenoxy) is 1. The topological polar surface area (TPSA) is 118 Å². The molecule has 4 N–H and O–H groups in total. The van der Waals surface area contributed by atoms with Gasteiger partial charge in [-0.15, -0.1) is 0 Å². The summed E-state index contributed by atoms with van der Waals surface area (Å²) in [5.41, 5.74) is 12.9. The van der Waals surface area contributed by atoms with Gasteiger partial charge in [-0.1, -0.05) is 30.3 Å². The van der Waals surface area contributed by atoms with Crippen LogP contribution in [0.15, 0.2) is 54.7 Å². The summed E-state index contributed by atoms with van der Waals surface area (Å²) in [6, 6.07) is 15.0. The van der Waals surface area contributed by atoms with Crippen molar-refractivity contribution in [3.05, 3.63) is 82.8 Å². The third kappa shape index (κ3) is 7.32. The molecule has 2 amide bonds. The van der Waals surface area contributed by atoms with Gasteiger partial charge in [-0.25, -0.2) is 4.39 Å². The number of likely N-dealkylation sites (tertiary alicyclic amines) is 1. The largest absolute Gasteiger partial charge is 0.358 e. The van der Waals surface area contributed by atoms with Crippen molar-refractivity contribution >= 4 is 28.4 Å². The summed E-state index contributed by atoms with van der Waals surface area (Å²) in [6.45, 7) is 3.50. The Balaban J connectivity index is 1.17. The summed E-state index contributed by atoms with van der Waals surface area (Å²) in [4.78, 5) is 31.2. The molecule has 0 bridgehead atoms. The number of fused-ring (bicyclic) bond motifs is 1. The third-order valence-corrected chi connectivity index (χ3v) is 8.39. The Labute approximate surface area is 251 Å². The average Bonchev–Trinajstić information content (AvgIpc) is 3.60. The SMILES string of the molecule is COC(F)CCc1cccc2c(C)c(C3CCCN(C(=O)CC(N)Cc4ccc(NC(=O)c5ccn(C)n5)cc4)C3)[nH]c12. The smallest absolute Gasteiger partial charge is 0.276 e. The van der Waals surface area contributed by atoms with Gasteiger partial charge in [0.1, 0.15) is 0 Å². The Morgan fingerprint density at radius 1 is 1.21 bits per heavy atom. The monoisotopic (exact) mass is 588 g/mol. The van der Waals surface area contributed by atoms with Gasteiger partial charge in [0.2, 0.25) is 5.91 Å². The number of hydrogen-bond donors (Lipinski definition) is 3. The number of alkyl halides is 1. The van der Waals surface area contributed by atoms with Crippen molar-refractivity contribution in [1.82, 2.24) is 19.7 Å². The lowest BCUT2D eigenvalue weighted by Crippen LogP contribution is -2.42. The van der Waals surface area contributed by atoms with Crippen LogP contribution in [0, 0.1) is 6.92 Å². The first-order chi connectivity index (χ1) is 20.7. The van der Waals surface area contributed by atoms with Gasteiger partial charge in [0.05, 0.1) is 0 Å². The number of anilines is 1. The van der Waals surface area contributed by atoms with Crippen molar-refractivity contribution in [1.29, 1.82) is 0 Å². The molecule has 9 nitrogen and oxygen atoms in total. The van der Waals surface area contributed by atoms with Gasteiger partial charge in [-0.2, -0.15) is 5.10 Å². The summed E-state index contributed by atoms with van der Waals surface area (Å²) in [5, 5.41) is 8.11. The fourth-order valence-electron chi connectivity index (χ4n) is 6.06. The molecule has 3 unspecified atom stereocenters. The van der Waals surface area contributed by atoms with Gasteiger partial charge < -0.3 is 25.7 Å². The number of aromatic amines is 1.